The van der Waals surface area contributed by atoms with E-state index in [4.69, 9.17) is 20.9 Å². The van der Waals surface area contributed by atoms with Gasteiger partial charge in [0.15, 0.2) is 0 Å². The van der Waals surface area contributed by atoms with Gasteiger partial charge in [-0.05, 0) is 81.7 Å². The molecule has 0 amide bonds. The van der Waals surface area contributed by atoms with E-state index in [1.807, 2.05) is 24.3 Å². The van der Waals surface area contributed by atoms with Crippen LogP contribution in [0.4, 0.5) is 11.4 Å². The van der Waals surface area contributed by atoms with Crippen LogP contribution in [0.3, 0.4) is 0 Å². The second-order valence-electron chi connectivity index (χ2n) is 7.47. The summed E-state index contributed by atoms with van der Waals surface area (Å²) in [5.74, 6) is 2.27. The average molecular weight is 400 g/mol. The van der Waals surface area contributed by atoms with Gasteiger partial charge in [-0.1, -0.05) is 26.7 Å². The molecule has 0 atom stereocenters. The molecule has 0 heterocycles. The number of hydrogen-bond acceptors (Lipinski definition) is 5. The lowest BCUT2D eigenvalue weighted by molar-refractivity contribution is 0.243. The Bertz CT molecular complexity index is 696. The van der Waals surface area contributed by atoms with Crippen LogP contribution in [0, 0.1) is 0 Å². The predicted octanol–water partition coefficient (Wildman–Crippen LogP) is 5.70. The Morgan fingerprint density at radius 2 is 1.28 bits per heavy atom. The molecule has 5 nitrogen and oxygen atoms in total. The average Bonchev–Trinajstić information content (AvgIpc) is 2.73. The number of unbranched alkanes of at least 4 members (excludes halogenated alkanes) is 3. The molecule has 0 radical (unpaired) electrons. The standard InChI is InChI=1S/C24H37N3O2/c1-3-5-15-27(16-6-4-2)17-7-8-18-28-20-9-11-21(12-10-20)29-22-13-14-23(25)24(26)19-22/h9-14,19H,3-8,15-18,25-26H2,1-2H3. The number of benzene rings is 2. The normalized spacial score (nSPS) is 11.0. The molecular formula is C24H37N3O2. The van der Waals surface area contributed by atoms with Crippen LogP contribution in [0.1, 0.15) is 52.4 Å². The summed E-state index contributed by atoms with van der Waals surface area (Å²) >= 11 is 0. The monoisotopic (exact) mass is 399 g/mol. The van der Waals surface area contributed by atoms with Gasteiger partial charge in [0.2, 0.25) is 0 Å². The smallest absolute Gasteiger partial charge is 0.129 e. The maximum absolute atomic E-state index is 5.88. The fourth-order valence-corrected chi connectivity index (χ4v) is 3.08. The number of nitrogens with two attached hydrogens (primary N) is 2. The zero-order valence-corrected chi connectivity index (χ0v) is 18.0. The van der Waals surface area contributed by atoms with E-state index in [9.17, 15) is 0 Å². The molecule has 160 valence electrons. The van der Waals surface area contributed by atoms with E-state index < -0.39 is 0 Å². The predicted molar refractivity (Wildman–Crippen MR) is 123 cm³/mol. The molecule has 4 N–H and O–H groups in total. The minimum atomic E-state index is 0.519. The van der Waals surface area contributed by atoms with Gasteiger partial charge in [-0.2, -0.15) is 0 Å². The minimum Gasteiger partial charge on any atom is -0.494 e. The molecule has 2 aromatic carbocycles. The molecule has 0 spiro atoms. The summed E-state index contributed by atoms with van der Waals surface area (Å²) in [5, 5.41) is 0. The highest BCUT2D eigenvalue weighted by Gasteiger charge is 2.04. The third-order valence-electron chi connectivity index (χ3n) is 4.91. The molecule has 2 rings (SSSR count). The van der Waals surface area contributed by atoms with Crippen molar-refractivity contribution in [1.82, 2.24) is 4.90 Å². The van der Waals surface area contributed by atoms with Crippen molar-refractivity contribution in [3.8, 4) is 17.2 Å². The van der Waals surface area contributed by atoms with E-state index in [0.29, 0.717) is 17.1 Å². The summed E-state index contributed by atoms with van der Waals surface area (Å²) in [6.07, 6.45) is 7.34. The van der Waals surface area contributed by atoms with E-state index in [0.717, 1.165) is 24.5 Å². The second-order valence-corrected chi connectivity index (χ2v) is 7.47. The van der Waals surface area contributed by atoms with Gasteiger partial charge in [0.1, 0.15) is 17.2 Å². The lowest BCUT2D eigenvalue weighted by Gasteiger charge is -2.21. The van der Waals surface area contributed by atoms with Crippen molar-refractivity contribution in [2.24, 2.45) is 0 Å². The molecule has 5 heteroatoms. The molecule has 0 saturated heterocycles. The van der Waals surface area contributed by atoms with Gasteiger partial charge in [-0.3, -0.25) is 0 Å². The fourth-order valence-electron chi connectivity index (χ4n) is 3.08. The third kappa shape index (κ3) is 8.65. The number of anilines is 2. The summed E-state index contributed by atoms with van der Waals surface area (Å²) in [6, 6.07) is 13.0. The number of nitrogens with zero attached hydrogens (tertiary/aromatic N) is 1. The summed E-state index contributed by atoms with van der Waals surface area (Å²) in [4.78, 5) is 2.60. The zero-order chi connectivity index (χ0) is 20.9. The Labute approximate surface area is 176 Å². The molecular weight excluding hydrogens is 362 g/mol. The Hall–Kier alpha value is -2.40. The number of nitrogen functional groups attached to an aromatic ring is 2. The first kappa shape index (κ1) is 22.9. The molecule has 0 aliphatic rings. The SMILES string of the molecule is CCCCN(CCCC)CCCCOc1ccc(Oc2ccc(N)c(N)c2)cc1. The van der Waals surface area contributed by atoms with Crippen LogP contribution in [0.5, 0.6) is 17.2 Å². The lowest BCUT2D eigenvalue weighted by Crippen LogP contribution is -2.27. The third-order valence-corrected chi connectivity index (χ3v) is 4.91. The molecule has 0 aliphatic heterocycles. The molecule has 2 aromatic rings. The van der Waals surface area contributed by atoms with Crippen LogP contribution in [0.15, 0.2) is 42.5 Å². The van der Waals surface area contributed by atoms with Crippen molar-refractivity contribution in [2.45, 2.75) is 52.4 Å². The Morgan fingerprint density at radius 1 is 0.690 bits per heavy atom. The van der Waals surface area contributed by atoms with Crippen LogP contribution >= 0.6 is 0 Å². The van der Waals surface area contributed by atoms with Crippen LogP contribution in [0.2, 0.25) is 0 Å². The second kappa shape index (κ2) is 12.9. The maximum Gasteiger partial charge on any atom is 0.129 e. The summed E-state index contributed by atoms with van der Waals surface area (Å²) in [6.45, 7) is 8.86. The van der Waals surface area contributed by atoms with Gasteiger partial charge in [0.25, 0.3) is 0 Å². The quantitative estimate of drug-likeness (QED) is 0.315. The van der Waals surface area contributed by atoms with Gasteiger partial charge in [-0.15, -0.1) is 0 Å². The van der Waals surface area contributed by atoms with E-state index in [1.165, 1.54) is 51.7 Å². The van der Waals surface area contributed by atoms with Crippen molar-refractivity contribution in [1.29, 1.82) is 0 Å². The topological polar surface area (TPSA) is 73.7 Å². The molecule has 0 fully saturated rings. The van der Waals surface area contributed by atoms with Crippen LogP contribution in [-0.2, 0) is 0 Å². The van der Waals surface area contributed by atoms with Crippen molar-refractivity contribution in [3.05, 3.63) is 42.5 Å². The molecule has 29 heavy (non-hydrogen) atoms. The molecule has 0 aliphatic carbocycles. The highest BCUT2D eigenvalue weighted by Crippen LogP contribution is 2.27. The van der Waals surface area contributed by atoms with E-state index in [-0.39, 0.29) is 0 Å². The molecule has 0 unspecified atom stereocenters. The van der Waals surface area contributed by atoms with Gasteiger partial charge in [0, 0.05) is 6.07 Å². The first-order valence-corrected chi connectivity index (χ1v) is 10.9. The molecule has 0 saturated carbocycles. The highest BCUT2D eigenvalue weighted by molar-refractivity contribution is 5.65. The van der Waals surface area contributed by atoms with E-state index in [1.54, 1.807) is 18.2 Å². The molecule has 0 bridgehead atoms. The summed E-state index contributed by atoms with van der Waals surface area (Å²) in [5.41, 5.74) is 12.6. The first-order valence-electron chi connectivity index (χ1n) is 10.9. The van der Waals surface area contributed by atoms with Gasteiger partial charge in [0.05, 0.1) is 18.0 Å². The van der Waals surface area contributed by atoms with Crippen molar-refractivity contribution >= 4 is 11.4 Å². The van der Waals surface area contributed by atoms with Crippen molar-refractivity contribution < 1.29 is 9.47 Å². The minimum absolute atomic E-state index is 0.519. The number of ether oxygens (including phenoxy) is 2. The van der Waals surface area contributed by atoms with Gasteiger partial charge >= 0.3 is 0 Å². The van der Waals surface area contributed by atoms with Crippen molar-refractivity contribution in [3.63, 3.8) is 0 Å². The molecule has 0 aromatic heterocycles. The fraction of sp³-hybridized carbons (Fsp3) is 0.500. The summed E-state index contributed by atoms with van der Waals surface area (Å²) < 4.78 is 11.7. The zero-order valence-electron chi connectivity index (χ0n) is 18.0. The first-order chi connectivity index (χ1) is 14.1. The van der Waals surface area contributed by atoms with E-state index >= 15 is 0 Å². The van der Waals surface area contributed by atoms with Crippen molar-refractivity contribution in [2.75, 3.05) is 37.7 Å². The van der Waals surface area contributed by atoms with Gasteiger partial charge < -0.3 is 25.8 Å². The number of hydrogen-bond donors (Lipinski definition) is 2. The lowest BCUT2D eigenvalue weighted by atomic mass is 10.2. The van der Waals surface area contributed by atoms with E-state index in [2.05, 4.69) is 18.7 Å². The highest BCUT2D eigenvalue weighted by atomic mass is 16.5. The Kier molecular flexibility index (Phi) is 10.2. The number of rotatable bonds is 14. The van der Waals surface area contributed by atoms with Crippen LogP contribution in [0.25, 0.3) is 0 Å². The van der Waals surface area contributed by atoms with Crippen LogP contribution < -0.4 is 20.9 Å². The van der Waals surface area contributed by atoms with Gasteiger partial charge in [-0.25, -0.2) is 0 Å². The van der Waals surface area contributed by atoms with Crippen LogP contribution in [-0.4, -0.2) is 31.1 Å². The Morgan fingerprint density at radius 3 is 1.90 bits per heavy atom. The maximum atomic E-state index is 5.88. The Balaban J connectivity index is 1.69. The largest absolute Gasteiger partial charge is 0.494 e. The summed E-state index contributed by atoms with van der Waals surface area (Å²) in [7, 11) is 0.